The van der Waals surface area contributed by atoms with Gasteiger partial charge in [-0.1, -0.05) is 0 Å². The number of nitrogens with one attached hydrogen (secondary N) is 1. The molecular weight excluding hydrogens is 142 g/mol. The van der Waals surface area contributed by atoms with Crippen molar-refractivity contribution >= 4 is 0 Å². The van der Waals surface area contributed by atoms with Crippen LogP contribution in [0.5, 0.6) is 0 Å². The second kappa shape index (κ2) is 1.47. The number of morpholine rings is 1. The van der Waals surface area contributed by atoms with Crippen molar-refractivity contribution in [3.05, 3.63) is 0 Å². The zero-order chi connectivity index (χ0) is 7.69. The lowest BCUT2D eigenvalue weighted by atomic mass is 9.95. The number of ether oxygens (including phenoxy) is 1. The molecule has 4 heteroatoms. The molecule has 5 N–H and O–H groups in total. The Balaban J connectivity index is 2.02. The molecule has 2 aliphatic heterocycles. The Bertz CT molecular complexity index is 222. The fourth-order valence-electron chi connectivity index (χ4n) is 2.56. The quantitative estimate of drug-likeness (QED) is 0.416. The van der Waals surface area contributed by atoms with Crippen LogP contribution in [0.2, 0.25) is 0 Å². The fraction of sp³-hybridized carbons (Fsp3) is 1.00. The minimum Gasteiger partial charge on any atom is -0.365 e. The highest BCUT2D eigenvalue weighted by Crippen LogP contribution is 2.56. The average molecular weight is 155 g/mol. The fourth-order valence-corrected chi connectivity index (χ4v) is 2.56. The minimum atomic E-state index is -0.233. The normalized spacial score (nSPS) is 64.9. The third kappa shape index (κ3) is 0.471. The molecular formula is C7H13N3O. The number of nitrogens with two attached hydrogens (primary N) is 2. The van der Waals surface area contributed by atoms with Crippen LogP contribution in [0, 0.1) is 0 Å². The first-order valence-corrected chi connectivity index (χ1v) is 4.12. The van der Waals surface area contributed by atoms with Crippen molar-refractivity contribution in [1.82, 2.24) is 5.32 Å². The molecule has 3 fully saturated rings. The van der Waals surface area contributed by atoms with Crippen molar-refractivity contribution in [2.24, 2.45) is 11.5 Å². The van der Waals surface area contributed by atoms with E-state index in [9.17, 15) is 0 Å². The molecule has 0 aromatic heterocycles. The molecule has 11 heavy (non-hydrogen) atoms. The number of hydrogen-bond donors (Lipinski definition) is 3. The Kier molecular flexibility index (Phi) is 0.853. The minimum absolute atomic E-state index is 0.116. The molecule has 4 nitrogen and oxygen atoms in total. The molecule has 1 aliphatic carbocycles. The highest BCUT2D eigenvalue weighted by Gasteiger charge is 2.76. The van der Waals surface area contributed by atoms with E-state index in [0.29, 0.717) is 12.6 Å². The molecule has 2 heterocycles. The first kappa shape index (κ1) is 6.37. The molecule has 0 aromatic carbocycles. The van der Waals surface area contributed by atoms with Crippen molar-refractivity contribution in [2.75, 3.05) is 13.1 Å². The van der Waals surface area contributed by atoms with Crippen molar-refractivity contribution < 1.29 is 4.74 Å². The Morgan fingerprint density at radius 2 is 2.45 bits per heavy atom. The van der Waals surface area contributed by atoms with Gasteiger partial charge in [0.15, 0.2) is 0 Å². The Hall–Kier alpha value is -0.160. The molecule has 3 aliphatic rings. The van der Waals surface area contributed by atoms with Crippen LogP contribution in [-0.2, 0) is 4.74 Å². The molecule has 4 atom stereocenters. The van der Waals surface area contributed by atoms with Crippen LogP contribution in [0.3, 0.4) is 0 Å². The van der Waals surface area contributed by atoms with Crippen molar-refractivity contribution in [3.63, 3.8) is 0 Å². The average Bonchev–Trinajstić information content (AvgIpc) is 2.65. The molecule has 62 valence electrons. The zero-order valence-corrected chi connectivity index (χ0v) is 6.34. The van der Waals surface area contributed by atoms with Gasteiger partial charge in [-0.3, -0.25) is 0 Å². The van der Waals surface area contributed by atoms with E-state index in [0.717, 1.165) is 13.0 Å². The van der Waals surface area contributed by atoms with Crippen LogP contribution in [0.25, 0.3) is 0 Å². The van der Waals surface area contributed by atoms with E-state index in [2.05, 4.69) is 5.32 Å². The van der Waals surface area contributed by atoms with Gasteiger partial charge in [-0.05, 0) is 6.42 Å². The molecule has 0 aromatic rings. The molecule has 2 saturated heterocycles. The van der Waals surface area contributed by atoms with Gasteiger partial charge < -0.3 is 21.5 Å². The summed E-state index contributed by atoms with van der Waals surface area (Å²) >= 11 is 0. The van der Waals surface area contributed by atoms with Crippen LogP contribution in [-0.4, -0.2) is 36.4 Å². The van der Waals surface area contributed by atoms with Gasteiger partial charge in [-0.15, -0.1) is 0 Å². The van der Waals surface area contributed by atoms with Gasteiger partial charge in [0.05, 0.1) is 17.7 Å². The maximum Gasteiger partial charge on any atom is 0.110 e. The Morgan fingerprint density at radius 1 is 1.64 bits per heavy atom. The van der Waals surface area contributed by atoms with Gasteiger partial charge in [-0.2, -0.15) is 0 Å². The SMILES string of the molecule is NC[C@@]12CNC3(C[C@@H]3O1)C2N. The lowest BCUT2D eigenvalue weighted by Crippen LogP contribution is -2.53. The third-order valence-corrected chi connectivity index (χ3v) is 3.50. The van der Waals surface area contributed by atoms with Gasteiger partial charge >= 0.3 is 0 Å². The summed E-state index contributed by atoms with van der Waals surface area (Å²) in [6.07, 6.45) is 1.44. The third-order valence-electron chi connectivity index (χ3n) is 3.50. The standard InChI is InChI=1S/C7H13N3O/c8-2-6-3-10-7(5(6)9)1-4(7)11-6/h4-5,10H,1-3,8-9H2/t4-,5?,6-,7?/m0/s1. The largest absolute Gasteiger partial charge is 0.365 e. The zero-order valence-electron chi connectivity index (χ0n) is 6.34. The summed E-state index contributed by atoms with van der Waals surface area (Å²) in [5.41, 5.74) is 11.6. The van der Waals surface area contributed by atoms with Crippen molar-refractivity contribution in [2.45, 2.75) is 29.7 Å². The summed E-state index contributed by atoms with van der Waals surface area (Å²) in [6, 6.07) is 0.116. The highest BCUT2D eigenvalue weighted by atomic mass is 16.5. The first-order chi connectivity index (χ1) is 5.23. The lowest BCUT2D eigenvalue weighted by Gasteiger charge is -2.28. The Morgan fingerprint density at radius 3 is 2.82 bits per heavy atom. The van der Waals surface area contributed by atoms with Gasteiger partial charge in [-0.25, -0.2) is 0 Å². The molecule has 1 spiro atoms. The monoisotopic (exact) mass is 155 g/mol. The first-order valence-electron chi connectivity index (χ1n) is 4.12. The summed E-state index contributed by atoms with van der Waals surface area (Å²) in [5.74, 6) is 0. The van der Waals surface area contributed by atoms with Crippen LogP contribution >= 0.6 is 0 Å². The number of hydrogen-bond acceptors (Lipinski definition) is 4. The van der Waals surface area contributed by atoms with E-state index >= 15 is 0 Å². The predicted octanol–water partition coefficient (Wildman–Crippen LogP) is -1.84. The highest BCUT2D eigenvalue weighted by molar-refractivity contribution is 5.34. The van der Waals surface area contributed by atoms with Crippen LogP contribution < -0.4 is 16.8 Å². The van der Waals surface area contributed by atoms with E-state index in [1.54, 1.807) is 0 Å². The van der Waals surface area contributed by atoms with Gasteiger partial charge in [0.25, 0.3) is 0 Å². The van der Waals surface area contributed by atoms with Crippen LogP contribution in [0.4, 0.5) is 0 Å². The maximum absolute atomic E-state index is 6.04. The molecule has 0 radical (unpaired) electrons. The second-order valence-corrected chi connectivity index (χ2v) is 3.95. The number of rotatable bonds is 1. The van der Waals surface area contributed by atoms with Crippen LogP contribution in [0.1, 0.15) is 6.42 Å². The van der Waals surface area contributed by atoms with E-state index < -0.39 is 0 Å². The molecule has 2 bridgehead atoms. The van der Waals surface area contributed by atoms with Gasteiger partial charge in [0.1, 0.15) is 5.60 Å². The second-order valence-electron chi connectivity index (χ2n) is 3.95. The molecule has 0 amide bonds. The maximum atomic E-state index is 6.04. The smallest absolute Gasteiger partial charge is 0.110 e. The van der Waals surface area contributed by atoms with Gasteiger partial charge in [0.2, 0.25) is 0 Å². The summed E-state index contributed by atoms with van der Waals surface area (Å²) in [4.78, 5) is 0. The topological polar surface area (TPSA) is 73.3 Å². The van der Waals surface area contributed by atoms with E-state index in [4.69, 9.17) is 16.2 Å². The van der Waals surface area contributed by atoms with Crippen LogP contribution in [0.15, 0.2) is 0 Å². The van der Waals surface area contributed by atoms with E-state index in [-0.39, 0.29) is 17.2 Å². The molecule has 1 saturated carbocycles. The molecule has 2 unspecified atom stereocenters. The van der Waals surface area contributed by atoms with Gasteiger partial charge in [0, 0.05) is 13.1 Å². The predicted molar refractivity (Wildman–Crippen MR) is 40.0 cm³/mol. The van der Waals surface area contributed by atoms with Crippen molar-refractivity contribution in [3.8, 4) is 0 Å². The summed E-state index contributed by atoms with van der Waals surface area (Å²) in [6.45, 7) is 1.38. The number of fused-ring (bicyclic) bond motifs is 1. The summed E-state index contributed by atoms with van der Waals surface area (Å²) in [7, 11) is 0. The Labute approximate surface area is 65.3 Å². The lowest BCUT2D eigenvalue weighted by molar-refractivity contribution is -0.0254. The van der Waals surface area contributed by atoms with E-state index in [1.165, 1.54) is 0 Å². The summed E-state index contributed by atoms with van der Waals surface area (Å²) < 4.78 is 5.76. The van der Waals surface area contributed by atoms with Crippen molar-refractivity contribution in [1.29, 1.82) is 0 Å². The summed E-state index contributed by atoms with van der Waals surface area (Å²) in [5, 5.41) is 3.42. The molecule has 3 rings (SSSR count). The van der Waals surface area contributed by atoms with E-state index in [1.807, 2.05) is 0 Å².